The average Bonchev–Trinajstić information content (AvgIpc) is 3.30. The van der Waals surface area contributed by atoms with Crippen molar-refractivity contribution in [3.05, 3.63) is 65.7 Å². The number of amides is 2. The van der Waals surface area contributed by atoms with Gasteiger partial charge in [-0.15, -0.1) is 10.2 Å². The number of carbonyl (C=O) groups is 4. The molecule has 0 bridgehead atoms. The minimum Gasteiger partial charge on any atom is -0.481 e. The molecule has 176 valence electrons. The number of ketones is 1. The van der Waals surface area contributed by atoms with Crippen LogP contribution in [0.15, 0.2) is 54.6 Å². The summed E-state index contributed by atoms with van der Waals surface area (Å²) in [5.74, 6) is -1.95. The molecule has 1 unspecified atom stereocenters. The molecule has 3 rings (SSSR count). The molecule has 1 heterocycles. The SMILES string of the molecule is CNC(=O)c1ccc(-c2nnn(CC(=O)C(CC(=O)O)NC(=O)OCc3ccccc3)n2)cc1. The van der Waals surface area contributed by atoms with Gasteiger partial charge in [-0.1, -0.05) is 42.5 Å². The lowest BCUT2D eigenvalue weighted by molar-refractivity contribution is -0.139. The molecule has 1 atom stereocenters. The number of carbonyl (C=O) groups excluding carboxylic acids is 3. The first-order valence-corrected chi connectivity index (χ1v) is 10.2. The zero-order chi connectivity index (χ0) is 24.5. The van der Waals surface area contributed by atoms with Gasteiger partial charge in [0.05, 0.1) is 6.42 Å². The van der Waals surface area contributed by atoms with Crippen LogP contribution < -0.4 is 10.6 Å². The van der Waals surface area contributed by atoms with Gasteiger partial charge >= 0.3 is 12.1 Å². The summed E-state index contributed by atoms with van der Waals surface area (Å²) in [4.78, 5) is 48.6. The van der Waals surface area contributed by atoms with Crippen molar-refractivity contribution in [1.29, 1.82) is 0 Å². The molecule has 0 saturated heterocycles. The maximum absolute atomic E-state index is 12.6. The largest absolute Gasteiger partial charge is 0.481 e. The second-order valence-corrected chi connectivity index (χ2v) is 7.12. The van der Waals surface area contributed by atoms with E-state index in [4.69, 9.17) is 9.84 Å². The molecule has 0 spiro atoms. The Morgan fingerprint density at radius 2 is 1.76 bits per heavy atom. The number of nitrogens with one attached hydrogen (secondary N) is 2. The lowest BCUT2D eigenvalue weighted by Gasteiger charge is -2.15. The Kier molecular flexibility index (Phi) is 8.00. The molecule has 2 amide bonds. The van der Waals surface area contributed by atoms with E-state index in [1.807, 2.05) is 6.07 Å². The summed E-state index contributed by atoms with van der Waals surface area (Å²) in [6.07, 6.45) is -1.56. The summed E-state index contributed by atoms with van der Waals surface area (Å²) in [5, 5.41) is 25.7. The third-order valence-corrected chi connectivity index (χ3v) is 4.65. The Morgan fingerprint density at radius 1 is 1.06 bits per heavy atom. The number of carboxylic acids is 1. The number of carboxylic acid groups (broad SMARTS) is 1. The van der Waals surface area contributed by atoms with Crippen LogP contribution in [-0.4, -0.2) is 62.2 Å². The van der Waals surface area contributed by atoms with Crippen LogP contribution in [-0.2, 0) is 27.5 Å². The first-order valence-electron chi connectivity index (χ1n) is 10.2. The second kappa shape index (κ2) is 11.3. The second-order valence-electron chi connectivity index (χ2n) is 7.12. The van der Waals surface area contributed by atoms with Crippen molar-refractivity contribution in [3.63, 3.8) is 0 Å². The average molecular weight is 466 g/mol. The molecule has 1 aromatic heterocycles. The molecule has 12 nitrogen and oxygen atoms in total. The van der Waals surface area contributed by atoms with Crippen molar-refractivity contribution >= 4 is 23.8 Å². The van der Waals surface area contributed by atoms with Crippen molar-refractivity contribution in [2.24, 2.45) is 0 Å². The van der Waals surface area contributed by atoms with Crippen LogP contribution >= 0.6 is 0 Å². The number of aromatic nitrogens is 4. The predicted molar refractivity (Wildman–Crippen MR) is 117 cm³/mol. The Hall–Kier alpha value is -4.61. The summed E-state index contributed by atoms with van der Waals surface area (Å²) in [6.45, 7) is -0.451. The molecule has 3 aromatic rings. The van der Waals surface area contributed by atoms with Crippen LogP contribution in [0.5, 0.6) is 0 Å². The molecule has 0 aliphatic heterocycles. The highest BCUT2D eigenvalue weighted by atomic mass is 16.5. The number of alkyl carbamates (subject to hydrolysis) is 1. The van der Waals surface area contributed by atoms with Crippen molar-refractivity contribution in [2.45, 2.75) is 25.6 Å². The Morgan fingerprint density at radius 3 is 2.41 bits per heavy atom. The standard InChI is InChI=1S/C22H22N6O6/c1-23-21(32)16-9-7-15(8-10-16)20-25-27-28(26-20)12-18(29)17(11-19(30)31)24-22(33)34-13-14-5-3-2-4-6-14/h2-10,17H,11-13H2,1H3,(H,23,32)(H,24,33)(H,30,31). The van der Waals surface area contributed by atoms with E-state index >= 15 is 0 Å². The van der Waals surface area contributed by atoms with Crippen LogP contribution in [0.2, 0.25) is 0 Å². The topological polar surface area (TPSA) is 165 Å². The Bertz CT molecular complexity index is 1160. The quantitative estimate of drug-likeness (QED) is 0.396. The van der Waals surface area contributed by atoms with Gasteiger partial charge in [-0.2, -0.15) is 4.80 Å². The van der Waals surface area contributed by atoms with Crippen LogP contribution in [0.1, 0.15) is 22.3 Å². The number of Topliss-reactive ketones (excluding diaryl/α,β-unsaturated/α-hetero) is 1. The van der Waals surface area contributed by atoms with E-state index in [-0.39, 0.29) is 18.3 Å². The van der Waals surface area contributed by atoms with Crippen LogP contribution in [0, 0.1) is 0 Å². The first-order chi connectivity index (χ1) is 16.4. The summed E-state index contributed by atoms with van der Waals surface area (Å²) in [6, 6.07) is 14.0. The fourth-order valence-electron chi connectivity index (χ4n) is 2.92. The number of rotatable bonds is 10. The molecular formula is C22H22N6O6. The summed E-state index contributed by atoms with van der Waals surface area (Å²) in [5.41, 5.74) is 1.76. The number of ether oxygens (including phenoxy) is 1. The molecule has 0 radical (unpaired) electrons. The number of tetrazole rings is 1. The molecule has 0 aliphatic rings. The lowest BCUT2D eigenvalue weighted by Crippen LogP contribution is -2.44. The van der Waals surface area contributed by atoms with E-state index in [0.29, 0.717) is 11.1 Å². The van der Waals surface area contributed by atoms with Crippen molar-refractivity contribution < 1.29 is 29.0 Å². The summed E-state index contributed by atoms with van der Waals surface area (Å²) in [7, 11) is 1.52. The molecule has 0 saturated carbocycles. The van der Waals surface area contributed by atoms with Gasteiger partial charge in [0.15, 0.2) is 5.78 Å². The van der Waals surface area contributed by atoms with Crippen LogP contribution in [0.4, 0.5) is 4.79 Å². The van der Waals surface area contributed by atoms with Gasteiger partial charge in [-0.25, -0.2) is 4.79 Å². The van der Waals surface area contributed by atoms with Gasteiger partial charge in [-0.3, -0.25) is 14.4 Å². The number of aliphatic carboxylic acids is 1. The normalized spacial score (nSPS) is 11.3. The summed E-state index contributed by atoms with van der Waals surface area (Å²) >= 11 is 0. The Balaban J connectivity index is 1.61. The van der Waals surface area contributed by atoms with Gasteiger partial charge in [0.2, 0.25) is 5.82 Å². The van der Waals surface area contributed by atoms with E-state index in [1.54, 1.807) is 48.5 Å². The fourth-order valence-corrected chi connectivity index (χ4v) is 2.92. The predicted octanol–water partition coefficient (Wildman–Crippen LogP) is 1.04. The molecular weight excluding hydrogens is 444 g/mol. The highest BCUT2D eigenvalue weighted by molar-refractivity contribution is 5.94. The maximum atomic E-state index is 12.6. The van der Waals surface area contributed by atoms with Gasteiger partial charge < -0.3 is 20.5 Å². The van der Waals surface area contributed by atoms with Crippen LogP contribution in [0.25, 0.3) is 11.4 Å². The van der Waals surface area contributed by atoms with Crippen molar-refractivity contribution in [2.75, 3.05) is 7.05 Å². The number of nitrogens with zero attached hydrogens (tertiary/aromatic N) is 4. The van der Waals surface area contributed by atoms with E-state index in [0.717, 1.165) is 10.4 Å². The zero-order valence-corrected chi connectivity index (χ0v) is 18.2. The van der Waals surface area contributed by atoms with Gasteiger partial charge in [0, 0.05) is 18.2 Å². The highest BCUT2D eigenvalue weighted by Crippen LogP contribution is 2.14. The first kappa shape index (κ1) is 24.0. The van der Waals surface area contributed by atoms with Crippen LogP contribution in [0.3, 0.4) is 0 Å². The fraction of sp³-hybridized carbons (Fsp3) is 0.227. The molecule has 12 heteroatoms. The smallest absolute Gasteiger partial charge is 0.408 e. The Labute approximate surface area is 193 Å². The van der Waals surface area contributed by atoms with E-state index in [2.05, 4.69) is 26.0 Å². The number of hydrogen-bond donors (Lipinski definition) is 3. The van der Waals surface area contributed by atoms with Crippen molar-refractivity contribution in [1.82, 2.24) is 30.8 Å². The zero-order valence-electron chi connectivity index (χ0n) is 18.2. The molecule has 34 heavy (non-hydrogen) atoms. The van der Waals surface area contributed by atoms with Crippen molar-refractivity contribution in [3.8, 4) is 11.4 Å². The number of benzene rings is 2. The van der Waals surface area contributed by atoms with E-state index < -0.39 is 36.9 Å². The van der Waals surface area contributed by atoms with E-state index in [9.17, 15) is 19.2 Å². The minimum absolute atomic E-state index is 0.0344. The molecule has 0 fully saturated rings. The third-order valence-electron chi connectivity index (χ3n) is 4.65. The molecule has 3 N–H and O–H groups in total. The van der Waals surface area contributed by atoms with E-state index in [1.165, 1.54) is 7.05 Å². The van der Waals surface area contributed by atoms with Gasteiger partial charge in [-0.05, 0) is 22.9 Å². The molecule has 2 aromatic carbocycles. The maximum Gasteiger partial charge on any atom is 0.408 e. The summed E-state index contributed by atoms with van der Waals surface area (Å²) < 4.78 is 5.06. The third kappa shape index (κ3) is 6.69. The van der Waals surface area contributed by atoms with Gasteiger partial charge in [0.25, 0.3) is 5.91 Å². The lowest BCUT2D eigenvalue weighted by atomic mass is 10.1. The highest BCUT2D eigenvalue weighted by Gasteiger charge is 2.25. The minimum atomic E-state index is -1.35. The monoisotopic (exact) mass is 466 g/mol. The number of hydrogen-bond acceptors (Lipinski definition) is 8. The van der Waals surface area contributed by atoms with Gasteiger partial charge in [0.1, 0.15) is 19.2 Å². The molecule has 0 aliphatic carbocycles.